The Morgan fingerprint density at radius 3 is 1.74 bits per heavy atom. The summed E-state index contributed by atoms with van der Waals surface area (Å²) in [6, 6.07) is -4.68. The number of benzene rings is 1. The van der Waals surface area contributed by atoms with Gasteiger partial charge in [-0.15, -0.1) is 11.8 Å². The van der Waals surface area contributed by atoms with E-state index in [0.717, 1.165) is 16.7 Å². The standard InChI is InChI=1S/C60H103N12O23P3S2/c1-35(2)28-42(52(78)64-23-13-21-62-24-27-100-98(93,94)95)66-51(77)38(7)65-53(79)45(31-39-16-18-40(74)19-17-39)68-54(80)43(29-36(3)4)67-56(82)46(33-73)70-55(81)44(30-37(5)6)69-57(83)47-14-11-26-71(47)58(84)41(61)34-99-48-32-50(76)72(59(48)85)25-10-8-9-15-49(75)63-22-12-20-60(86,96(87,88)89)97(90,91)92/h16-19,35-38,41-48,62,73-74,86H,8-15,20-34,61H2,1-7H3,(H,63,75)(H,64,78)(H,65,79)(H,66,77)(H,67,82)(H,68,80)(H,69,83)(H,70,81)(H2,87,88,89)(H2,90,91,92)(H2,93,94,95)/t38-,41-,42-,43-,44-,45-,46-,47-,48?/m0/s1. The summed E-state index contributed by atoms with van der Waals surface area (Å²) in [5.74, 6) is -8.23. The lowest BCUT2D eigenvalue weighted by molar-refractivity contribution is -0.140. The highest BCUT2D eigenvalue weighted by Crippen LogP contribution is 2.69. The first kappa shape index (κ1) is 88.6. The molecular formula is C60H103N12O23P3S2. The molecule has 2 heterocycles. The van der Waals surface area contributed by atoms with Gasteiger partial charge in [-0.3, -0.25) is 66.8 Å². The zero-order valence-electron chi connectivity index (χ0n) is 57.4. The minimum absolute atomic E-state index is 0.0210. The Bertz CT molecular complexity index is 3070. The number of amides is 11. The number of imide groups is 1. The molecule has 1 unspecified atom stereocenters. The number of carbonyl (C=O) groups excluding carboxylic acids is 11. The molecule has 11 amide bonds. The van der Waals surface area contributed by atoms with Gasteiger partial charge in [0, 0.05) is 69.9 Å². The summed E-state index contributed by atoms with van der Waals surface area (Å²) >= 11 is 1.51. The second-order valence-corrected chi connectivity index (χ2v) is 35.1. The molecule has 2 aliphatic heterocycles. The molecule has 0 saturated carbocycles. The van der Waals surface area contributed by atoms with Crippen LogP contribution < -0.4 is 53.6 Å². The van der Waals surface area contributed by atoms with Crippen molar-refractivity contribution in [3.05, 3.63) is 29.8 Å². The molecule has 0 bridgehead atoms. The number of likely N-dealkylation sites (tertiary alicyclic amines) is 2. The third-order valence-corrected chi connectivity index (χ3v) is 23.5. The number of hydrogen-bond acceptors (Lipinski definition) is 21. The lowest BCUT2D eigenvalue weighted by Gasteiger charge is -2.29. The Balaban J connectivity index is 1.61. The quantitative estimate of drug-likeness (QED) is 0.0202. The number of unbranched alkanes of at least 4 members (excludes halogenated alkanes) is 2. The molecule has 40 heteroatoms. The van der Waals surface area contributed by atoms with E-state index in [1.807, 2.05) is 13.8 Å². The molecule has 9 atom stereocenters. The first-order valence-electron chi connectivity index (χ1n) is 33.1. The number of nitrogens with one attached hydrogen (secondary N) is 9. The second kappa shape index (κ2) is 42.2. The summed E-state index contributed by atoms with van der Waals surface area (Å²) in [7, 11) is -11.3. The normalized spacial score (nSPS) is 17.4. The number of aliphatic hydroxyl groups excluding tert-OH is 1. The molecule has 1 aromatic carbocycles. The van der Waals surface area contributed by atoms with E-state index in [9.17, 15) is 101 Å². The fraction of sp³-hybridized carbons (Fsp3) is 0.717. The van der Waals surface area contributed by atoms with Crippen molar-refractivity contribution in [1.82, 2.24) is 57.7 Å². The molecular weight excluding hydrogens is 1410 g/mol. The maximum Gasteiger partial charge on any atom is 0.384 e. The minimum atomic E-state index is -5.64. The number of nitrogens with two attached hydrogens (primary N) is 1. The Morgan fingerprint density at radius 1 is 0.640 bits per heavy atom. The van der Waals surface area contributed by atoms with Crippen molar-refractivity contribution in [3.8, 4) is 5.75 Å². The largest absolute Gasteiger partial charge is 0.508 e. The molecule has 568 valence electrons. The monoisotopic (exact) mass is 1520 g/mol. The van der Waals surface area contributed by atoms with Gasteiger partial charge >= 0.3 is 22.0 Å². The zero-order valence-corrected chi connectivity index (χ0v) is 61.7. The van der Waals surface area contributed by atoms with Gasteiger partial charge in [-0.1, -0.05) is 60.1 Å². The van der Waals surface area contributed by atoms with Gasteiger partial charge in [-0.25, -0.2) is 4.57 Å². The number of rotatable bonds is 46. The van der Waals surface area contributed by atoms with Crippen LogP contribution in [0.1, 0.15) is 138 Å². The number of aromatic hydroxyl groups is 1. The topological polar surface area (TPSA) is 562 Å². The summed E-state index contributed by atoms with van der Waals surface area (Å²) in [5.41, 5.74) is 6.83. The van der Waals surface area contributed by atoms with E-state index < -0.39 is 159 Å². The maximum absolute atomic E-state index is 14.3. The van der Waals surface area contributed by atoms with E-state index in [-0.39, 0.29) is 113 Å². The number of carbonyl (C=O) groups is 11. The third kappa shape index (κ3) is 30.4. The lowest BCUT2D eigenvalue weighted by atomic mass is 10.00. The molecule has 20 N–H and O–H groups in total. The molecule has 2 aliphatic rings. The summed E-state index contributed by atoms with van der Waals surface area (Å²) < 4.78 is 34.1. The van der Waals surface area contributed by atoms with E-state index in [2.05, 4.69) is 47.9 Å². The van der Waals surface area contributed by atoms with Crippen LogP contribution in [0.25, 0.3) is 0 Å². The number of hydrogen-bond donors (Lipinski definition) is 19. The molecule has 2 fully saturated rings. The lowest BCUT2D eigenvalue weighted by Crippen LogP contribution is -2.61. The fourth-order valence-corrected chi connectivity index (χ4v) is 15.5. The van der Waals surface area contributed by atoms with E-state index in [0.29, 0.717) is 62.1 Å². The van der Waals surface area contributed by atoms with Crippen LogP contribution in [0.5, 0.6) is 5.75 Å². The Labute approximate surface area is 589 Å². The first-order valence-corrected chi connectivity index (χ1v) is 40.6. The zero-order chi connectivity index (χ0) is 75.5. The van der Waals surface area contributed by atoms with Crippen LogP contribution in [0.2, 0.25) is 0 Å². The summed E-state index contributed by atoms with van der Waals surface area (Å²) in [4.78, 5) is 207. The molecule has 0 aromatic heterocycles. The van der Waals surface area contributed by atoms with E-state index in [1.165, 1.54) is 36.1 Å². The number of phenols is 1. The van der Waals surface area contributed by atoms with Gasteiger partial charge in [-0.05, 0) is 118 Å². The Hall–Kier alpha value is -5.62. The first-order chi connectivity index (χ1) is 46.6. The summed E-state index contributed by atoms with van der Waals surface area (Å²) in [5, 5.41) is 49.9. The molecule has 0 radical (unpaired) electrons. The van der Waals surface area contributed by atoms with E-state index in [4.69, 9.17) is 15.5 Å². The van der Waals surface area contributed by atoms with Crippen LogP contribution in [-0.2, 0) is 72.9 Å². The van der Waals surface area contributed by atoms with Gasteiger partial charge in [0.1, 0.15) is 48.0 Å². The smallest absolute Gasteiger partial charge is 0.384 e. The number of aliphatic hydroxyl groups is 2. The molecule has 3 rings (SSSR count). The van der Waals surface area contributed by atoms with Gasteiger partial charge in [-0.2, -0.15) is 0 Å². The van der Waals surface area contributed by atoms with Crippen LogP contribution in [0, 0.1) is 17.8 Å². The van der Waals surface area contributed by atoms with Crippen molar-refractivity contribution in [2.75, 3.05) is 57.4 Å². The SMILES string of the molecule is CC(C)C[C@H](NC(=O)[C@H](C)NC(=O)[C@H](Cc1ccc(O)cc1)NC(=O)[C@H](CC(C)C)NC(=O)[C@H](CO)NC(=O)[C@H](CC(C)C)NC(=O)[C@@H]1CCCN1C(=O)[C@@H](N)CSC1CC(=O)N(CCCCCC(=O)NCCCC(O)(P(=O)(O)O)P(=O)(O)O)C1=O)C(=O)NCCCNCCSP(=O)(O)O. The van der Waals surface area contributed by atoms with Crippen molar-refractivity contribution in [1.29, 1.82) is 0 Å². The Kier molecular flexibility index (Phi) is 37.4. The number of thioether (sulfide) groups is 1. The summed E-state index contributed by atoms with van der Waals surface area (Å²) in [6.45, 7) is 7.79. The van der Waals surface area contributed by atoms with Gasteiger partial charge in [0.2, 0.25) is 65.0 Å². The molecule has 2 saturated heterocycles. The molecule has 100 heavy (non-hydrogen) atoms. The average molecular weight is 1520 g/mol. The van der Waals surface area contributed by atoms with Crippen LogP contribution >= 0.6 is 45.1 Å². The van der Waals surface area contributed by atoms with Crippen LogP contribution in [0.15, 0.2) is 24.3 Å². The molecule has 0 spiro atoms. The number of nitrogens with zero attached hydrogens (tertiary/aromatic N) is 2. The predicted molar refractivity (Wildman–Crippen MR) is 370 cm³/mol. The Morgan fingerprint density at radius 2 is 1.17 bits per heavy atom. The van der Waals surface area contributed by atoms with E-state index in [1.54, 1.807) is 27.7 Å². The van der Waals surface area contributed by atoms with Crippen molar-refractivity contribution in [2.45, 2.75) is 197 Å². The van der Waals surface area contributed by atoms with Gasteiger partial charge in [0.15, 0.2) is 0 Å². The fourth-order valence-electron chi connectivity index (χ4n) is 10.7. The van der Waals surface area contributed by atoms with Gasteiger partial charge < -0.3 is 103 Å². The maximum atomic E-state index is 14.3. The van der Waals surface area contributed by atoms with E-state index >= 15 is 0 Å². The number of phenolic OH excluding ortho intramolecular Hbond substituents is 1. The molecule has 0 aliphatic carbocycles. The third-order valence-electron chi connectivity index (χ3n) is 16.0. The van der Waals surface area contributed by atoms with Crippen molar-refractivity contribution < 1.29 is 111 Å². The van der Waals surface area contributed by atoms with Crippen LogP contribution in [-0.4, -0.2) is 236 Å². The highest BCUT2D eigenvalue weighted by molar-refractivity contribution is 8.54. The molecule has 35 nitrogen and oxygen atoms in total. The van der Waals surface area contributed by atoms with Crippen LogP contribution in [0.3, 0.4) is 0 Å². The van der Waals surface area contributed by atoms with Gasteiger partial charge in [0.05, 0.1) is 17.9 Å². The minimum Gasteiger partial charge on any atom is -0.508 e. The molecule has 1 aromatic rings. The highest BCUT2D eigenvalue weighted by atomic mass is 32.7. The predicted octanol–water partition coefficient (Wildman–Crippen LogP) is -1.45. The van der Waals surface area contributed by atoms with Crippen molar-refractivity contribution >= 4 is 110 Å². The van der Waals surface area contributed by atoms with Crippen LogP contribution in [0.4, 0.5) is 0 Å². The summed E-state index contributed by atoms with van der Waals surface area (Å²) in [6.07, 6.45) is 0.531. The second-order valence-electron chi connectivity index (χ2n) is 26.0. The van der Waals surface area contributed by atoms with Crippen molar-refractivity contribution in [3.63, 3.8) is 0 Å². The average Bonchev–Trinajstić information content (AvgIpc) is 1.03. The van der Waals surface area contributed by atoms with Crippen molar-refractivity contribution in [2.24, 2.45) is 23.5 Å². The highest BCUT2D eigenvalue weighted by Gasteiger charge is 2.58. The van der Waals surface area contributed by atoms with Gasteiger partial charge in [0.25, 0.3) is 5.08 Å².